The lowest BCUT2D eigenvalue weighted by atomic mass is 10.1. The summed E-state index contributed by atoms with van der Waals surface area (Å²) in [4.78, 5) is 23.8. The highest BCUT2D eigenvalue weighted by atomic mass is 19.4. The molecule has 0 saturated heterocycles. The van der Waals surface area contributed by atoms with E-state index in [2.05, 4.69) is 5.32 Å². The Bertz CT molecular complexity index is 1050. The Morgan fingerprint density at radius 3 is 2.16 bits per heavy atom. The Labute approximate surface area is 171 Å². The summed E-state index contributed by atoms with van der Waals surface area (Å²) in [5, 5.41) is 11.4. The molecular weight excluding hydrogens is 430 g/mol. The molecule has 0 aliphatic heterocycles. The highest BCUT2D eigenvalue weighted by molar-refractivity contribution is 6.12. The number of alkyl halides is 6. The molecule has 0 unspecified atom stereocenters. The van der Waals surface area contributed by atoms with Gasteiger partial charge >= 0.3 is 12.4 Å². The molecule has 0 bridgehead atoms. The minimum atomic E-state index is -4.99. The van der Waals surface area contributed by atoms with Crippen LogP contribution in [0.4, 0.5) is 32.0 Å². The van der Waals surface area contributed by atoms with Crippen molar-refractivity contribution in [1.82, 2.24) is 9.88 Å². The molecule has 6 nitrogen and oxygen atoms in total. The highest BCUT2D eigenvalue weighted by Crippen LogP contribution is 2.30. The molecule has 0 atom stereocenters. The molecule has 0 radical (unpaired) electrons. The lowest BCUT2D eigenvalue weighted by Crippen LogP contribution is -2.31. The van der Waals surface area contributed by atoms with Gasteiger partial charge in [-0.15, -0.1) is 0 Å². The van der Waals surface area contributed by atoms with Gasteiger partial charge < -0.3 is 16.0 Å². The van der Waals surface area contributed by atoms with Crippen LogP contribution >= 0.6 is 0 Å². The average molecular weight is 446 g/mol. The molecule has 166 valence electrons. The zero-order valence-corrected chi connectivity index (χ0v) is 15.9. The van der Waals surface area contributed by atoms with Crippen molar-refractivity contribution >= 4 is 17.8 Å². The number of allylic oxidation sites excluding steroid dienone is 1. The molecule has 1 aromatic carbocycles. The number of pyridine rings is 1. The number of carbonyl (C=O) groups is 1. The van der Waals surface area contributed by atoms with Crippen LogP contribution in [0.2, 0.25) is 0 Å². The van der Waals surface area contributed by atoms with Crippen LogP contribution in [0, 0.1) is 5.41 Å². The number of hydrogen-bond donors (Lipinski definition) is 3. The third kappa shape index (κ3) is 5.74. The van der Waals surface area contributed by atoms with E-state index >= 15 is 0 Å². The molecule has 2 aromatic rings. The summed E-state index contributed by atoms with van der Waals surface area (Å²) in [7, 11) is 0. The first-order chi connectivity index (χ1) is 14.4. The number of amides is 1. The predicted molar refractivity (Wildman–Crippen MR) is 101 cm³/mol. The van der Waals surface area contributed by atoms with E-state index in [4.69, 9.17) is 5.41 Å². The molecule has 0 aliphatic rings. The number of aromatic nitrogens is 1. The largest absolute Gasteiger partial charge is 0.432 e. The first kappa shape index (κ1) is 23.7. The van der Waals surface area contributed by atoms with Crippen molar-refractivity contribution in [3.8, 4) is 5.69 Å². The van der Waals surface area contributed by atoms with E-state index < -0.39 is 40.7 Å². The molecule has 12 heteroatoms. The molecule has 0 fully saturated rings. The SMILES string of the molecule is CCNC(=O)/C(C=N)=C(/Nc1ccc(-n2ccc(C(F)(F)F)cc2=O)cc1)C(F)(F)F. The fourth-order valence-corrected chi connectivity index (χ4v) is 2.52. The van der Waals surface area contributed by atoms with Gasteiger partial charge in [0.25, 0.3) is 11.5 Å². The standard InChI is InChI=1S/C19H16F6N4O2/c1-2-27-17(31)14(10-26)16(19(23,24)25)28-12-3-5-13(6-4-12)29-8-7-11(9-15(29)30)18(20,21)22/h3-10,26,28H,2H2,1H3,(H,27,31)/b16-14+,26-10?. The van der Waals surface area contributed by atoms with Crippen LogP contribution in [0.25, 0.3) is 5.69 Å². The number of nitrogens with zero attached hydrogens (tertiary/aromatic N) is 1. The summed E-state index contributed by atoms with van der Waals surface area (Å²) >= 11 is 0. The van der Waals surface area contributed by atoms with E-state index in [9.17, 15) is 35.9 Å². The van der Waals surface area contributed by atoms with E-state index in [0.717, 1.165) is 22.9 Å². The second kappa shape index (κ2) is 9.06. The second-order valence-electron chi connectivity index (χ2n) is 6.08. The van der Waals surface area contributed by atoms with Crippen molar-refractivity contribution < 1.29 is 31.1 Å². The molecule has 0 saturated carbocycles. The number of anilines is 1. The van der Waals surface area contributed by atoms with E-state index in [-0.39, 0.29) is 24.1 Å². The van der Waals surface area contributed by atoms with Gasteiger partial charge in [-0.2, -0.15) is 26.3 Å². The van der Waals surface area contributed by atoms with Crippen molar-refractivity contribution in [2.24, 2.45) is 0 Å². The second-order valence-corrected chi connectivity index (χ2v) is 6.08. The van der Waals surface area contributed by atoms with Crippen LogP contribution in [0.5, 0.6) is 0 Å². The molecule has 1 aromatic heterocycles. The van der Waals surface area contributed by atoms with Crippen molar-refractivity contribution in [3.05, 3.63) is 69.8 Å². The first-order valence-electron chi connectivity index (χ1n) is 8.66. The number of hydrogen-bond acceptors (Lipinski definition) is 4. The molecule has 2 rings (SSSR count). The zero-order valence-electron chi connectivity index (χ0n) is 15.9. The molecule has 1 amide bonds. The van der Waals surface area contributed by atoms with Gasteiger partial charge in [0.1, 0.15) is 5.70 Å². The Hall–Kier alpha value is -3.57. The molecule has 0 aliphatic carbocycles. The summed E-state index contributed by atoms with van der Waals surface area (Å²) in [5.41, 5.74) is -4.52. The molecule has 3 N–H and O–H groups in total. The number of carbonyl (C=O) groups excluding carboxylic acids is 1. The monoisotopic (exact) mass is 446 g/mol. The van der Waals surface area contributed by atoms with Crippen LogP contribution in [-0.4, -0.2) is 29.4 Å². The topological polar surface area (TPSA) is 87.0 Å². The molecular formula is C19H16F6N4O2. The maximum absolute atomic E-state index is 13.4. The number of benzene rings is 1. The normalized spacial score (nSPS) is 12.7. The first-order valence-corrected chi connectivity index (χ1v) is 8.66. The van der Waals surface area contributed by atoms with Crippen molar-refractivity contribution in [2.45, 2.75) is 19.3 Å². The van der Waals surface area contributed by atoms with Crippen LogP contribution in [0.1, 0.15) is 12.5 Å². The predicted octanol–water partition coefficient (Wildman–Crippen LogP) is 3.87. The number of rotatable bonds is 6. The Morgan fingerprint density at radius 2 is 1.71 bits per heavy atom. The smallest absolute Gasteiger partial charge is 0.352 e. The van der Waals surface area contributed by atoms with Gasteiger partial charge in [0.05, 0.1) is 11.1 Å². The summed E-state index contributed by atoms with van der Waals surface area (Å²) in [6.07, 6.45) is -8.50. The summed E-state index contributed by atoms with van der Waals surface area (Å²) < 4.78 is 79.2. The summed E-state index contributed by atoms with van der Waals surface area (Å²) in [5.74, 6) is -1.09. The summed E-state index contributed by atoms with van der Waals surface area (Å²) in [6.45, 7) is 1.56. The Balaban J connectivity index is 2.39. The Kier molecular flexibility index (Phi) is 6.93. The quantitative estimate of drug-likeness (QED) is 0.358. The van der Waals surface area contributed by atoms with E-state index in [1.807, 2.05) is 5.32 Å². The van der Waals surface area contributed by atoms with Crippen LogP contribution in [0.3, 0.4) is 0 Å². The van der Waals surface area contributed by atoms with Crippen LogP contribution in [-0.2, 0) is 11.0 Å². The zero-order chi connectivity index (χ0) is 23.4. The lowest BCUT2D eigenvalue weighted by Gasteiger charge is -2.18. The maximum Gasteiger partial charge on any atom is 0.432 e. The van der Waals surface area contributed by atoms with Gasteiger partial charge in [-0.3, -0.25) is 14.2 Å². The summed E-state index contributed by atoms with van der Waals surface area (Å²) in [6, 6.07) is 5.80. The minimum Gasteiger partial charge on any atom is -0.352 e. The van der Waals surface area contributed by atoms with Crippen molar-refractivity contribution in [3.63, 3.8) is 0 Å². The molecule has 1 heterocycles. The van der Waals surface area contributed by atoms with Crippen molar-refractivity contribution in [1.29, 1.82) is 5.41 Å². The van der Waals surface area contributed by atoms with Gasteiger partial charge in [0.2, 0.25) is 0 Å². The van der Waals surface area contributed by atoms with Gasteiger partial charge in [-0.1, -0.05) is 0 Å². The van der Waals surface area contributed by atoms with Gasteiger partial charge in [-0.25, -0.2) is 0 Å². The fraction of sp³-hybridized carbons (Fsp3) is 0.211. The van der Waals surface area contributed by atoms with E-state index in [0.29, 0.717) is 12.1 Å². The maximum atomic E-state index is 13.4. The molecule has 31 heavy (non-hydrogen) atoms. The van der Waals surface area contributed by atoms with E-state index in [1.54, 1.807) is 0 Å². The minimum absolute atomic E-state index is 0.0535. The third-order valence-electron chi connectivity index (χ3n) is 3.94. The third-order valence-corrected chi connectivity index (χ3v) is 3.94. The highest BCUT2D eigenvalue weighted by Gasteiger charge is 2.38. The number of nitrogens with one attached hydrogen (secondary N) is 3. The number of likely N-dealkylation sites (N-methyl/N-ethyl adjacent to an activating group) is 1. The Morgan fingerprint density at radius 1 is 1.10 bits per heavy atom. The lowest BCUT2D eigenvalue weighted by molar-refractivity contribution is -0.137. The van der Waals surface area contributed by atoms with Crippen LogP contribution < -0.4 is 16.2 Å². The number of halogens is 6. The van der Waals surface area contributed by atoms with E-state index in [1.165, 1.54) is 19.1 Å². The van der Waals surface area contributed by atoms with Gasteiger partial charge in [-0.05, 0) is 37.3 Å². The average Bonchev–Trinajstić information content (AvgIpc) is 2.67. The fourth-order valence-electron chi connectivity index (χ4n) is 2.52. The van der Waals surface area contributed by atoms with Crippen molar-refractivity contribution in [2.75, 3.05) is 11.9 Å². The van der Waals surface area contributed by atoms with Crippen LogP contribution in [0.15, 0.2) is 58.7 Å². The molecule has 0 spiro atoms. The van der Waals surface area contributed by atoms with Gasteiger partial charge in [0, 0.05) is 36.4 Å². The van der Waals surface area contributed by atoms with Gasteiger partial charge in [0.15, 0.2) is 0 Å².